The lowest BCUT2D eigenvalue weighted by molar-refractivity contribution is 0.0360. The molecule has 0 aliphatic carbocycles. The van der Waals surface area contributed by atoms with E-state index < -0.39 is 9.84 Å². The largest absolute Gasteiger partial charge is 0.442 e. The van der Waals surface area contributed by atoms with Crippen LogP contribution in [0.1, 0.15) is 157 Å². The number of sulfone groups is 1. The summed E-state index contributed by atoms with van der Waals surface area (Å²) in [4.78, 5) is 33.6. The average Bonchev–Trinajstić information content (AvgIpc) is 1.67. The summed E-state index contributed by atoms with van der Waals surface area (Å²) in [7, 11) is -2.86. The van der Waals surface area contributed by atoms with Gasteiger partial charge in [-0.2, -0.15) is 61.2 Å². The number of fused-ring (bicyclic) bond motifs is 4. The maximum atomic E-state index is 11.7. The van der Waals surface area contributed by atoms with Crippen molar-refractivity contribution in [1.29, 1.82) is 0 Å². The SMILES string of the molecule is CCC(CC)n1cc(-c2nc(-c3cnn(CC4CCOCC4)c3)cn3nccc23)cn1.CCC(CC)n1cc(-c2nc(-c3cnn(CC4CCS(=O)(=O)CC4)c3)cn3nccc23)cn1.CCC(CC)n1cc(-c2nc(-c3cnn(CC4CNC(=O)O4)c3)cn3nccc23)cn1.CCC(CC)n1cc(-c2nc(-c3cnn(CCN4CCOCC4)c3)cn3nccc23)cn1. The van der Waals surface area contributed by atoms with E-state index in [1.165, 1.54) is 0 Å². The lowest BCUT2D eigenvalue weighted by Crippen LogP contribution is -2.38. The molecular formula is C90H112N30O6S. The molecular weight excluding hydrogens is 1630 g/mol. The second-order valence-corrected chi connectivity index (χ2v) is 35.4. The van der Waals surface area contributed by atoms with Crippen molar-refractivity contribution in [3.05, 3.63) is 173 Å². The van der Waals surface area contributed by atoms with Gasteiger partial charge in [-0.05, 0) is 113 Å². The molecule has 1 amide bonds. The molecule has 664 valence electrons. The molecule has 127 heavy (non-hydrogen) atoms. The highest BCUT2D eigenvalue weighted by Gasteiger charge is 2.28. The van der Waals surface area contributed by atoms with Gasteiger partial charge in [0.1, 0.15) is 15.9 Å². The van der Waals surface area contributed by atoms with Crippen molar-refractivity contribution in [2.75, 3.05) is 64.1 Å². The molecule has 16 aromatic rings. The van der Waals surface area contributed by atoms with E-state index in [2.05, 4.69) is 173 Å². The van der Waals surface area contributed by atoms with Gasteiger partial charge in [0.25, 0.3) is 0 Å². The predicted octanol–water partition coefficient (Wildman–Crippen LogP) is 14.0. The number of alkyl carbamates (subject to hydrolysis) is 1. The smallest absolute Gasteiger partial charge is 0.407 e. The molecule has 1 N–H and O–H groups in total. The third kappa shape index (κ3) is 19.9. The van der Waals surface area contributed by atoms with Crippen molar-refractivity contribution in [3.8, 4) is 90.1 Å². The number of nitrogens with one attached hydrogen (secondary N) is 1. The van der Waals surface area contributed by atoms with Gasteiger partial charge >= 0.3 is 6.09 Å². The molecule has 20 rings (SSSR count). The van der Waals surface area contributed by atoms with Crippen LogP contribution in [0.25, 0.3) is 112 Å². The topological polar surface area (TPSA) is 357 Å². The maximum Gasteiger partial charge on any atom is 0.407 e. The molecule has 0 spiro atoms. The summed E-state index contributed by atoms with van der Waals surface area (Å²) >= 11 is 0. The Morgan fingerprint density at radius 2 is 0.677 bits per heavy atom. The Balaban J connectivity index is 0.000000119. The zero-order valence-electron chi connectivity index (χ0n) is 73.4. The van der Waals surface area contributed by atoms with Crippen molar-refractivity contribution in [2.45, 2.75) is 189 Å². The monoisotopic (exact) mass is 1740 g/mol. The van der Waals surface area contributed by atoms with E-state index in [9.17, 15) is 13.2 Å². The number of morpholine rings is 1. The predicted molar refractivity (Wildman–Crippen MR) is 481 cm³/mol. The molecule has 4 aliphatic heterocycles. The Labute approximate surface area is 736 Å². The second kappa shape index (κ2) is 39.4. The molecule has 4 saturated heterocycles. The van der Waals surface area contributed by atoms with Gasteiger partial charge in [-0.25, -0.2) is 51.2 Å². The minimum absolute atomic E-state index is 0.228. The van der Waals surface area contributed by atoms with Crippen LogP contribution in [-0.2, 0) is 50.2 Å². The van der Waals surface area contributed by atoms with Gasteiger partial charge in [0.15, 0.2) is 0 Å². The van der Waals surface area contributed by atoms with E-state index in [0.29, 0.717) is 68.5 Å². The van der Waals surface area contributed by atoms with Crippen molar-refractivity contribution >= 4 is 38.0 Å². The van der Waals surface area contributed by atoms with Gasteiger partial charge in [-0.3, -0.25) is 42.4 Å². The Hall–Kier alpha value is -12.7. The van der Waals surface area contributed by atoms with Crippen molar-refractivity contribution < 1.29 is 27.4 Å². The fourth-order valence-corrected chi connectivity index (χ4v) is 18.8. The number of ether oxygens (including phenoxy) is 3. The number of hydrogen-bond acceptors (Lipinski definition) is 23. The molecule has 16 aromatic heterocycles. The van der Waals surface area contributed by atoms with Crippen LogP contribution in [0.15, 0.2) is 173 Å². The quantitative estimate of drug-likeness (QED) is 0.0455. The fourth-order valence-electron chi connectivity index (χ4n) is 17.2. The fraction of sp³-hybridized carbons (Fsp3) is 0.456. The summed E-state index contributed by atoms with van der Waals surface area (Å²) in [5.74, 6) is 1.50. The molecule has 20 heterocycles. The van der Waals surface area contributed by atoms with Gasteiger partial charge in [0.05, 0.1) is 235 Å². The van der Waals surface area contributed by atoms with Crippen molar-refractivity contribution in [3.63, 3.8) is 0 Å². The first-order chi connectivity index (χ1) is 62.1. The first-order valence-corrected chi connectivity index (χ1v) is 46.6. The number of amides is 1. The highest BCUT2D eigenvalue weighted by molar-refractivity contribution is 7.91. The van der Waals surface area contributed by atoms with Gasteiger partial charge in [-0.15, -0.1) is 0 Å². The lowest BCUT2D eigenvalue weighted by Gasteiger charge is -2.26. The van der Waals surface area contributed by atoms with Crippen molar-refractivity contribution in [2.24, 2.45) is 11.8 Å². The van der Waals surface area contributed by atoms with E-state index in [1.54, 1.807) is 29.5 Å². The van der Waals surface area contributed by atoms with E-state index >= 15 is 0 Å². The van der Waals surface area contributed by atoms with Crippen LogP contribution in [0, 0.1) is 11.8 Å². The van der Waals surface area contributed by atoms with E-state index in [1.807, 2.05) is 152 Å². The highest BCUT2D eigenvalue weighted by Crippen LogP contribution is 2.35. The Morgan fingerprint density at radius 1 is 0.362 bits per heavy atom. The zero-order valence-corrected chi connectivity index (χ0v) is 74.2. The molecule has 37 heteroatoms. The Morgan fingerprint density at radius 3 is 1.02 bits per heavy atom. The zero-order chi connectivity index (χ0) is 87.5. The van der Waals surface area contributed by atoms with E-state index in [4.69, 9.17) is 34.1 Å². The van der Waals surface area contributed by atoms with Gasteiger partial charge in [0, 0.05) is 140 Å². The first-order valence-electron chi connectivity index (χ1n) is 44.8. The third-order valence-corrected chi connectivity index (χ3v) is 26.5. The molecule has 36 nitrogen and oxygen atoms in total. The average molecular weight is 1740 g/mol. The standard InChI is InChI=1S/C23H30N8O.C23H29N7O2S.C23H29N7O.C21H24N8O2/c1-3-20(4-2)30-16-19(14-26-30)23-22-5-6-24-31(22)17-21(27-23)18-13-25-29(15-18)8-7-28-9-11-32-12-10-28;1-3-20(4-2)29-15-19(12-26-29)23-22-5-8-24-30(22)16-21(27-23)18-11-25-28(14-18)13-17-6-9-33(31,32)10-7-17;1-3-20(4-2)29-15-19(12-26-29)23-22-5-8-24-30(22)16-21(27-23)18-11-25-28(14-18)13-17-6-9-31-10-7-17;1-3-16(4-2)28-11-15(8-25-28)20-19-5-6-23-29(19)13-18(26-20)14-7-24-27(10-14)12-17-9-22-21(30)31-17/h5-6,13-17,20H,3-4,7-12H2,1-2H3;5,8,11-12,14-17,20H,3-4,6-7,9-10,13H2,1-2H3;5,8,11-12,14-17,20H,3-4,6-7,9-10,13H2,1-2H3;5-8,10-11,13,16-17H,3-4,9,12H2,1-2H3,(H,22,30). The summed E-state index contributed by atoms with van der Waals surface area (Å²) in [5, 5.41) is 57.0. The molecule has 4 aliphatic rings. The Bertz CT molecular complexity index is 6420. The number of carbonyl (C=O) groups is 1. The Kier molecular flexibility index (Phi) is 26.8. The molecule has 0 saturated carbocycles. The molecule has 1 unspecified atom stereocenters. The highest BCUT2D eigenvalue weighted by atomic mass is 32.2. The molecule has 0 radical (unpaired) electrons. The van der Waals surface area contributed by atoms with Crippen LogP contribution >= 0.6 is 0 Å². The maximum absolute atomic E-state index is 11.7. The summed E-state index contributed by atoms with van der Waals surface area (Å²) in [6.07, 6.45) is 57.5. The second-order valence-electron chi connectivity index (χ2n) is 33.1. The number of nitrogens with zero attached hydrogens (tertiary/aromatic N) is 29. The van der Waals surface area contributed by atoms with Gasteiger partial charge < -0.3 is 19.5 Å². The molecule has 0 aromatic carbocycles. The van der Waals surface area contributed by atoms with Crippen LogP contribution in [-0.4, -0.2) is 226 Å². The van der Waals surface area contributed by atoms with Crippen LogP contribution in [0.5, 0.6) is 0 Å². The summed E-state index contributed by atoms with van der Waals surface area (Å²) in [6, 6.07) is 9.44. The summed E-state index contributed by atoms with van der Waals surface area (Å²) in [6.45, 7) is 27.2. The van der Waals surface area contributed by atoms with Gasteiger partial charge in [-0.1, -0.05) is 55.4 Å². The van der Waals surface area contributed by atoms with Crippen molar-refractivity contribution in [1.82, 2.24) is 147 Å². The number of aromatic nitrogens is 28. The number of cyclic esters (lactones) is 1. The minimum Gasteiger partial charge on any atom is -0.442 e. The number of carbonyl (C=O) groups excluding carboxylic acids is 1. The molecule has 4 fully saturated rings. The summed E-state index contributed by atoms with van der Waals surface area (Å²) in [5.41, 5.74) is 18.2. The lowest BCUT2D eigenvalue weighted by atomic mass is 10.0. The van der Waals surface area contributed by atoms with Crippen LogP contribution < -0.4 is 5.32 Å². The molecule has 0 bridgehead atoms. The molecule has 1 atom stereocenters. The normalized spacial score (nSPS) is 15.9. The minimum atomic E-state index is -2.86. The third-order valence-electron chi connectivity index (χ3n) is 24.8. The van der Waals surface area contributed by atoms with Crippen LogP contribution in [0.2, 0.25) is 0 Å². The summed E-state index contributed by atoms with van der Waals surface area (Å²) < 4.78 is 62.8. The number of hydrogen-bond donors (Lipinski definition) is 1. The first kappa shape index (κ1) is 86.4. The van der Waals surface area contributed by atoms with Crippen LogP contribution in [0.4, 0.5) is 4.79 Å². The van der Waals surface area contributed by atoms with E-state index in [-0.39, 0.29) is 23.7 Å². The van der Waals surface area contributed by atoms with E-state index in [0.717, 1.165) is 235 Å². The van der Waals surface area contributed by atoms with Gasteiger partial charge in [0.2, 0.25) is 0 Å². The number of rotatable bonds is 29. The van der Waals surface area contributed by atoms with Crippen LogP contribution in [0.3, 0.4) is 0 Å².